The first-order chi connectivity index (χ1) is 16.8. The molecule has 3 aromatic rings. The van der Waals surface area contributed by atoms with Crippen LogP contribution in [0.15, 0.2) is 54.9 Å². The molecule has 180 valence electrons. The summed E-state index contributed by atoms with van der Waals surface area (Å²) in [7, 11) is 0. The molecule has 0 spiro atoms. The normalized spacial score (nSPS) is 19.3. The van der Waals surface area contributed by atoms with Gasteiger partial charge >= 0.3 is 0 Å². The van der Waals surface area contributed by atoms with E-state index < -0.39 is 11.4 Å². The molecule has 0 radical (unpaired) electrons. The highest BCUT2D eigenvalue weighted by Crippen LogP contribution is 2.39. The first kappa shape index (κ1) is 22.8. The van der Waals surface area contributed by atoms with Crippen LogP contribution in [0.2, 0.25) is 0 Å². The van der Waals surface area contributed by atoms with Crippen molar-refractivity contribution in [2.24, 2.45) is 0 Å². The zero-order valence-electron chi connectivity index (χ0n) is 20.2. The van der Waals surface area contributed by atoms with E-state index in [9.17, 15) is 14.4 Å². The Labute approximate surface area is 204 Å². The topological polar surface area (TPSA) is 96.3 Å². The molecule has 0 bridgehead atoms. The lowest BCUT2D eigenvalue weighted by atomic mass is 9.93. The van der Waals surface area contributed by atoms with Crippen LogP contribution in [0.5, 0.6) is 0 Å². The molecule has 1 unspecified atom stereocenters. The minimum absolute atomic E-state index is 0.0199. The van der Waals surface area contributed by atoms with Crippen LogP contribution in [-0.4, -0.2) is 43.8 Å². The van der Waals surface area contributed by atoms with Crippen molar-refractivity contribution in [1.82, 2.24) is 19.8 Å². The van der Waals surface area contributed by atoms with E-state index in [4.69, 9.17) is 0 Å². The molecule has 2 aromatic carbocycles. The average Bonchev–Trinajstić information content (AvgIpc) is 3.57. The van der Waals surface area contributed by atoms with Crippen LogP contribution < -0.4 is 10.6 Å². The number of anilines is 1. The quantitative estimate of drug-likeness (QED) is 0.576. The van der Waals surface area contributed by atoms with E-state index in [0.29, 0.717) is 12.2 Å². The predicted octanol–water partition coefficient (Wildman–Crippen LogP) is 3.45. The number of hydrogen-bond donors (Lipinski definition) is 2. The van der Waals surface area contributed by atoms with E-state index in [1.165, 1.54) is 6.33 Å². The summed E-state index contributed by atoms with van der Waals surface area (Å²) in [5, 5.41) is 5.88. The highest BCUT2D eigenvalue weighted by Gasteiger charge is 2.53. The Hall–Kier alpha value is -3.94. The molecular formula is C27H29N5O3. The molecule has 1 fully saturated rings. The third kappa shape index (κ3) is 4.20. The van der Waals surface area contributed by atoms with E-state index in [1.54, 1.807) is 16.4 Å². The van der Waals surface area contributed by atoms with Gasteiger partial charge in [-0.25, -0.2) is 4.98 Å². The molecule has 2 heterocycles. The van der Waals surface area contributed by atoms with Crippen LogP contribution in [0.3, 0.4) is 0 Å². The van der Waals surface area contributed by atoms with Gasteiger partial charge in [-0.15, -0.1) is 0 Å². The third-order valence-electron chi connectivity index (χ3n) is 6.85. The fraction of sp³-hybridized carbons (Fsp3) is 0.333. The van der Waals surface area contributed by atoms with Gasteiger partial charge in [0.25, 0.3) is 11.8 Å². The van der Waals surface area contributed by atoms with Crippen LogP contribution in [0, 0.1) is 13.8 Å². The number of imidazole rings is 1. The molecule has 1 aromatic heterocycles. The highest BCUT2D eigenvalue weighted by molar-refractivity contribution is 6.12. The molecule has 8 nitrogen and oxygen atoms in total. The molecule has 1 aliphatic carbocycles. The molecule has 8 heteroatoms. The zero-order chi connectivity index (χ0) is 24.7. The smallest absolute Gasteiger partial charge is 0.276 e. The number of carbonyl (C=O) groups excluding carboxylic acids is 3. The number of rotatable bonds is 6. The van der Waals surface area contributed by atoms with Gasteiger partial charge in [-0.3, -0.25) is 14.4 Å². The molecule has 0 saturated heterocycles. The molecular weight excluding hydrogens is 442 g/mol. The number of carbonyl (C=O) groups is 3. The number of hydrogen-bond acceptors (Lipinski definition) is 4. The van der Waals surface area contributed by atoms with Crippen LogP contribution in [0.1, 0.15) is 57.4 Å². The number of amides is 3. The Morgan fingerprint density at radius 1 is 1.09 bits per heavy atom. The van der Waals surface area contributed by atoms with Gasteiger partial charge in [-0.1, -0.05) is 48.0 Å². The number of nitrogens with one attached hydrogen (secondary N) is 2. The number of aromatic nitrogens is 2. The molecule has 1 saturated carbocycles. The standard InChI is InChI=1S/C27H29N5O3/c1-17-8-10-19(11-9-17)14-28-26(35)27(3)15-31-16-29-22(23(31)25(34)32(27)20-12-13-20)24(33)30-21-7-5-4-6-18(21)2/h4-11,16,20H,12-15H2,1-3H3,(H,28,35)(H,30,33). The maximum absolute atomic E-state index is 13.7. The summed E-state index contributed by atoms with van der Waals surface area (Å²) in [5.41, 5.74) is 2.95. The third-order valence-corrected chi connectivity index (χ3v) is 6.85. The van der Waals surface area contributed by atoms with Crippen LogP contribution >= 0.6 is 0 Å². The van der Waals surface area contributed by atoms with Crippen molar-refractivity contribution in [1.29, 1.82) is 0 Å². The van der Waals surface area contributed by atoms with Crippen LogP contribution in [0.4, 0.5) is 5.69 Å². The summed E-state index contributed by atoms with van der Waals surface area (Å²) in [6.07, 6.45) is 3.16. The fourth-order valence-corrected chi connectivity index (χ4v) is 4.69. The first-order valence-electron chi connectivity index (χ1n) is 11.9. The number of para-hydroxylation sites is 1. The Bertz CT molecular complexity index is 1310. The van der Waals surface area contributed by atoms with Gasteiger partial charge in [0.15, 0.2) is 5.69 Å². The molecule has 2 aliphatic rings. The van der Waals surface area contributed by atoms with Crippen molar-refractivity contribution in [3.8, 4) is 0 Å². The van der Waals surface area contributed by atoms with Crippen molar-refractivity contribution in [2.45, 2.75) is 58.3 Å². The van der Waals surface area contributed by atoms with E-state index in [1.807, 2.05) is 62.4 Å². The summed E-state index contributed by atoms with van der Waals surface area (Å²) in [4.78, 5) is 46.2. The minimum atomic E-state index is -1.08. The second-order valence-corrected chi connectivity index (χ2v) is 9.69. The average molecular weight is 472 g/mol. The molecule has 1 aliphatic heterocycles. The Balaban J connectivity index is 1.41. The number of nitrogens with zero attached hydrogens (tertiary/aromatic N) is 3. The van der Waals surface area contributed by atoms with Gasteiger partial charge in [-0.05, 0) is 50.8 Å². The largest absolute Gasteiger partial charge is 0.350 e. The molecule has 1 atom stereocenters. The van der Waals surface area contributed by atoms with Gasteiger partial charge in [0.2, 0.25) is 5.91 Å². The summed E-state index contributed by atoms with van der Waals surface area (Å²) in [5.74, 6) is -0.993. The first-order valence-corrected chi connectivity index (χ1v) is 11.9. The van der Waals surface area contributed by atoms with Crippen molar-refractivity contribution in [2.75, 3.05) is 5.32 Å². The maximum Gasteiger partial charge on any atom is 0.276 e. The maximum atomic E-state index is 13.7. The van der Waals surface area contributed by atoms with Gasteiger partial charge in [0.1, 0.15) is 11.2 Å². The molecule has 5 rings (SSSR count). The second-order valence-electron chi connectivity index (χ2n) is 9.69. The summed E-state index contributed by atoms with van der Waals surface area (Å²) >= 11 is 0. The number of aryl methyl sites for hydroxylation is 2. The Morgan fingerprint density at radius 2 is 1.80 bits per heavy atom. The number of fused-ring (bicyclic) bond motifs is 1. The molecule has 2 N–H and O–H groups in total. The van der Waals surface area contributed by atoms with Gasteiger partial charge in [0, 0.05) is 18.3 Å². The SMILES string of the molecule is Cc1ccc(CNC(=O)C2(C)Cn3cnc(C(=O)Nc4ccccc4C)c3C(=O)N2C2CC2)cc1. The zero-order valence-corrected chi connectivity index (χ0v) is 20.2. The lowest BCUT2D eigenvalue weighted by Crippen LogP contribution is -2.64. The van der Waals surface area contributed by atoms with E-state index in [2.05, 4.69) is 15.6 Å². The number of benzene rings is 2. The predicted molar refractivity (Wildman–Crippen MR) is 132 cm³/mol. The van der Waals surface area contributed by atoms with Gasteiger partial charge in [-0.2, -0.15) is 0 Å². The monoisotopic (exact) mass is 471 g/mol. The van der Waals surface area contributed by atoms with Crippen LogP contribution in [-0.2, 0) is 17.9 Å². The van der Waals surface area contributed by atoms with E-state index in [-0.39, 0.29) is 35.8 Å². The highest BCUT2D eigenvalue weighted by atomic mass is 16.2. The van der Waals surface area contributed by atoms with Crippen molar-refractivity contribution in [3.05, 3.63) is 82.9 Å². The summed E-state index contributed by atoms with van der Waals surface area (Å²) in [6.45, 7) is 6.32. The molecule has 35 heavy (non-hydrogen) atoms. The van der Waals surface area contributed by atoms with Crippen LogP contribution in [0.25, 0.3) is 0 Å². The molecule has 3 amide bonds. The second kappa shape index (κ2) is 8.69. The van der Waals surface area contributed by atoms with Crippen molar-refractivity contribution < 1.29 is 14.4 Å². The van der Waals surface area contributed by atoms with E-state index >= 15 is 0 Å². The lowest BCUT2D eigenvalue weighted by Gasteiger charge is -2.44. The lowest BCUT2D eigenvalue weighted by molar-refractivity contribution is -0.133. The fourth-order valence-electron chi connectivity index (χ4n) is 4.69. The Kier molecular flexibility index (Phi) is 5.67. The summed E-state index contributed by atoms with van der Waals surface area (Å²) in [6, 6.07) is 15.4. The van der Waals surface area contributed by atoms with Crippen molar-refractivity contribution in [3.63, 3.8) is 0 Å². The van der Waals surface area contributed by atoms with Gasteiger partial charge in [0.05, 0.1) is 12.9 Å². The van der Waals surface area contributed by atoms with Crippen molar-refractivity contribution >= 4 is 23.4 Å². The summed E-state index contributed by atoms with van der Waals surface area (Å²) < 4.78 is 1.64. The van der Waals surface area contributed by atoms with Gasteiger partial charge < -0.3 is 20.1 Å². The Morgan fingerprint density at radius 3 is 2.49 bits per heavy atom. The minimum Gasteiger partial charge on any atom is -0.350 e. The van der Waals surface area contributed by atoms with E-state index in [0.717, 1.165) is 29.5 Å².